The van der Waals surface area contributed by atoms with E-state index in [2.05, 4.69) is 5.32 Å². The van der Waals surface area contributed by atoms with Gasteiger partial charge in [0.05, 0.1) is 24.3 Å². The summed E-state index contributed by atoms with van der Waals surface area (Å²) in [4.78, 5) is 12.9. The number of hydrogen-bond donors (Lipinski definition) is 1. The average Bonchev–Trinajstić information content (AvgIpc) is 2.78. The largest absolute Gasteiger partial charge is 0.495 e. The van der Waals surface area contributed by atoms with E-state index >= 15 is 0 Å². The molecule has 0 bridgehead atoms. The lowest BCUT2D eigenvalue weighted by Crippen LogP contribution is -2.38. The Bertz CT molecular complexity index is 1190. The number of anilines is 2. The molecule has 0 fully saturated rings. The van der Waals surface area contributed by atoms with Crippen LogP contribution >= 0.6 is 11.6 Å². The molecule has 0 atom stereocenters. The number of benzene rings is 3. The van der Waals surface area contributed by atoms with Crippen LogP contribution in [0.5, 0.6) is 11.5 Å². The van der Waals surface area contributed by atoms with Crippen LogP contribution in [0, 0.1) is 0 Å². The second-order valence-electron chi connectivity index (χ2n) is 6.65. The number of nitrogens with zero attached hydrogens (tertiary/aromatic N) is 1. The van der Waals surface area contributed by atoms with Gasteiger partial charge in [0, 0.05) is 16.8 Å². The fourth-order valence-corrected chi connectivity index (χ4v) is 4.65. The molecule has 0 aliphatic carbocycles. The average molecular weight is 475 g/mol. The summed E-state index contributed by atoms with van der Waals surface area (Å²) in [5, 5.41) is 3.02. The van der Waals surface area contributed by atoms with Gasteiger partial charge in [-0.15, -0.1) is 0 Å². The predicted octanol–water partition coefficient (Wildman–Crippen LogP) is 4.58. The molecular weight excluding hydrogens is 452 g/mol. The molecular formula is C23H23ClN2O5S. The molecule has 32 heavy (non-hydrogen) atoms. The number of sulfonamides is 1. The van der Waals surface area contributed by atoms with Gasteiger partial charge in [-0.05, 0) is 49.4 Å². The van der Waals surface area contributed by atoms with Gasteiger partial charge in [0.25, 0.3) is 10.0 Å². The molecule has 9 heteroatoms. The minimum Gasteiger partial charge on any atom is -0.495 e. The second kappa shape index (κ2) is 10.4. The third-order valence-corrected chi connectivity index (χ3v) is 6.47. The summed E-state index contributed by atoms with van der Waals surface area (Å²) < 4.78 is 38.7. The number of ether oxygens (including phenoxy) is 2. The number of amides is 1. The molecule has 0 saturated carbocycles. The van der Waals surface area contributed by atoms with Crippen molar-refractivity contribution < 1.29 is 22.7 Å². The van der Waals surface area contributed by atoms with Crippen molar-refractivity contribution in [1.29, 1.82) is 0 Å². The zero-order chi connectivity index (χ0) is 23.1. The molecule has 0 heterocycles. The van der Waals surface area contributed by atoms with Crippen molar-refractivity contribution in [2.45, 2.75) is 11.8 Å². The van der Waals surface area contributed by atoms with Crippen LogP contribution in [-0.4, -0.2) is 34.6 Å². The van der Waals surface area contributed by atoms with E-state index in [0.29, 0.717) is 23.1 Å². The van der Waals surface area contributed by atoms with Gasteiger partial charge in [0.15, 0.2) is 0 Å². The van der Waals surface area contributed by atoms with Crippen LogP contribution in [0.25, 0.3) is 0 Å². The Balaban J connectivity index is 1.97. The molecule has 0 spiro atoms. The first kappa shape index (κ1) is 23.4. The van der Waals surface area contributed by atoms with E-state index in [1.807, 2.05) is 6.92 Å². The highest BCUT2D eigenvalue weighted by Gasteiger charge is 2.29. The maximum atomic E-state index is 13.5. The van der Waals surface area contributed by atoms with E-state index in [1.165, 1.54) is 25.3 Å². The molecule has 0 aliphatic heterocycles. The molecule has 1 N–H and O–H groups in total. The third kappa shape index (κ3) is 5.52. The molecule has 7 nitrogen and oxygen atoms in total. The van der Waals surface area contributed by atoms with E-state index < -0.39 is 22.5 Å². The van der Waals surface area contributed by atoms with Crippen molar-refractivity contribution in [3.8, 4) is 11.5 Å². The molecule has 0 unspecified atom stereocenters. The van der Waals surface area contributed by atoms with Gasteiger partial charge in [-0.1, -0.05) is 35.9 Å². The molecule has 3 rings (SSSR count). The molecule has 3 aromatic carbocycles. The number of carbonyl (C=O) groups is 1. The standard InChI is InChI=1S/C23H23ClN2O5S/c1-3-31-19-9-7-8-18(15-19)25-23(27)16-26(21-14-17(24)12-13-22(21)30-2)32(28,29)20-10-5-4-6-11-20/h4-15H,3,16H2,1-2H3,(H,25,27). The lowest BCUT2D eigenvalue weighted by Gasteiger charge is -2.26. The van der Waals surface area contributed by atoms with Crippen molar-refractivity contribution in [2.75, 3.05) is 29.9 Å². The maximum absolute atomic E-state index is 13.5. The fraction of sp³-hybridized carbons (Fsp3) is 0.174. The van der Waals surface area contributed by atoms with Crippen LogP contribution in [0.4, 0.5) is 11.4 Å². The van der Waals surface area contributed by atoms with Crippen LogP contribution < -0.4 is 19.1 Å². The summed E-state index contributed by atoms with van der Waals surface area (Å²) >= 11 is 6.14. The Morgan fingerprint density at radius 1 is 1.03 bits per heavy atom. The van der Waals surface area contributed by atoms with Crippen molar-refractivity contribution >= 4 is 38.9 Å². The lowest BCUT2D eigenvalue weighted by atomic mass is 10.2. The highest BCUT2D eigenvalue weighted by atomic mass is 35.5. The van der Waals surface area contributed by atoms with Gasteiger partial charge >= 0.3 is 0 Å². The molecule has 0 radical (unpaired) electrons. The normalized spacial score (nSPS) is 11.0. The van der Waals surface area contributed by atoms with Crippen molar-refractivity contribution in [3.63, 3.8) is 0 Å². The van der Waals surface area contributed by atoms with Gasteiger partial charge in [-0.25, -0.2) is 8.42 Å². The van der Waals surface area contributed by atoms with E-state index in [-0.39, 0.29) is 16.3 Å². The predicted molar refractivity (Wildman–Crippen MR) is 125 cm³/mol. The van der Waals surface area contributed by atoms with Gasteiger partial charge in [-0.2, -0.15) is 0 Å². The number of halogens is 1. The SMILES string of the molecule is CCOc1cccc(NC(=O)CN(c2cc(Cl)ccc2OC)S(=O)(=O)c2ccccc2)c1. The van der Waals surface area contributed by atoms with E-state index in [4.69, 9.17) is 21.1 Å². The molecule has 1 amide bonds. The van der Waals surface area contributed by atoms with Crippen LogP contribution in [0.3, 0.4) is 0 Å². The number of carbonyl (C=O) groups excluding carboxylic acids is 1. The summed E-state index contributed by atoms with van der Waals surface area (Å²) in [6.45, 7) is 1.85. The summed E-state index contributed by atoms with van der Waals surface area (Å²) in [6, 6.07) is 19.3. The molecule has 168 valence electrons. The quantitative estimate of drug-likeness (QED) is 0.490. The molecule has 0 aliphatic rings. The maximum Gasteiger partial charge on any atom is 0.264 e. The highest BCUT2D eigenvalue weighted by Crippen LogP contribution is 2.34. The van der Waals surface area contributed by atoms with Crippen molar-refractivity contribution in [3.05, 3.63) is 77.8 Å². The lowest BCUT2D eigenvalue weighted by molar-refractivity contribution is -0.114. The van der Waals surface area contributed by atoms with Gasteiger partial charge in [0.2, 0.25) is 5.91 Å². The Kier molecular flexibility index (Phi) is 7.61. The van der Waals surface area contributed by atoms with Crippen LogP contribution in [0.1, 0.15) is 6.92 Å². The zero-order valence-electron chi connectivity index (χ0n) is 17.6. The summed E-state index contributed by atoms with van der Waals surface area (Å²) in [5.41, 5.74) is 0.637. The Morgan fingerprint density at radius 2 is 1.78 bits per heavy atom. The third-order valence-electron chi connectivity index (χ3n) is 4.46. The van der Waals surface area contributed by atoms with Gasteiger partial charge < -0.3 is 14.8 Å². The summed E-state index contributed by atoms with van der Waals surface area (Å²) in [5.74, 6) is 0.316. The number of nitrogens with one attached hydrogen (secondary N) is 1. The summed E-state index contributed by atoms with van der Waals surface area (Å²) in [6.07, 6.45) is 0. The minimum absolute atomic E-state index is 0.0353. The molecule has 3 aromatic rings. The van der Waals surface area contributed by atoms with Crippen LogP contribution in [0.15, 0.2) is 77.7 Å². The topological polar surface area (TPSA) is 84.9 Å². The van der Waals surface area contributed by atoms with Crippen molar-refractivity contribution in [2.24, 2.45) is 0 Å². The first-order chi connectivity index (χ1) is 15.3. The van der Waals surface area contributed by atoms with Crippen molar-refractivity contribution in [1.82, 2.24) is 0 Å². The van der Waals surface area contributed by atoms with Gasteiger partial charge in [0.1, 0.15) is 18.0 Å². The fourth-order valence-electron chi connectivity index (χ4n) is 3.04. The van der Waals surface area contributed by atoms with E-state index in [1.54, 1.807) is 54.6 Å². The Hall–Kier alpha value is -3.23. The molecule has 0 aromatic heterocycles. The van der Waals surface area contributed by atoms with Gasteiger partial charge in [-0.3, -0.25) is 9.10 Å². The number of rotatable bonds is 9. The highest BCUT2D eigenvalue weighted by molar-refractivity contribution is 7.92. The minimum atomic E-state index is -4.10. The first-order valence-electron chi connectivity index (χ1n) is 9.79. The van der Waals surface area contributed by atoms with Crippen LogP contribution in [0.2, 0.25) is 5.02 Å². The number of hydrogen-bond acceptors (Lipinski definition) is 5. The Labute approximate surface area is 192 Å². The Morgan fingerprint density at radius 3 is 2.47 bits per heavy atom. The smallest absolute Gasteiger partial charge is 0.264 e. The first-order valence-corrected chi connectivity index (χ1v) is 11.6. The zero-order valence-corrected chi connectivity index (χ0v) is 19.2. The second-order valence-corrected chi connectivity index (χ2v) is 8.95. The monoisotopic (exact) mass is 474 g/mol. The summed E-state index contributed by atoms with van der Waals surface area (Å²) in [7, 11) is -2.68. The van der Waals surface area contributed by atoms with E-state index in [0.717, 1.165) is 4.31 Å². The van der Waals surface area contributed by atoms with Crippen LogP contribution in [-0.2, 0) is 14.8 Å². The molecule has 0 saturated heterocycles. The van der Waals surface area contributed by atoms with E-state index in [9.17, 15) is 13.2 Å². The number of methoxy groups -OCH3 is 1.